The zero-order valence-corrected chi connectivity index (χ0v) is 14.2. The highest BCUT2D eigenvalue weighted by atomic mass is 32.2. The van der Waals surface area contributed by atoms with Gasteiger partial charge in [0.05, 0.1) is 0 Å². The Morgan fingerprint density at radius 1 is 1.20 bits per heavy atom. The summed E-state index contributed by atoms with van der Waals surface area (Å²) in [6.07, 6.45) is 5.29. The molecule has 0 heterocycles. The number of rotatable bonds is 5. The molecular weight excluding hydrogens is 262 g/mol. The minimum Gasteiger partial charge on any atom is -0.313 e. The minimum atomic E-state index is 0.692. The molecule has 112 valence electrons. The summed E-state index contributed by atoms with van der Waals surface area (Å²) >= 11 is 2.09. The lowest BCUT2D eigenvalue weighted by Crippen LogP contribution is -2.42. The molecule has 1 fully saturated rings. The van der Waals surface area contributed by atoms with E-state index in [2.05, 4.69) is 63.0 Å². The van der Waals surface area contributed by atoms with Crippen LogP contribution in [0, 0.1) is 19.8 Å². The standard InChI is InChI=1S/C18H29NS/c1-5-10-19-17-9-6-13(2)11-18(17)20-16-8-7-14(3)15(4)12-16/h7-8,12-13,17-19H,5-6,9-11H2,1-4H3. The highest BCUT2D eigenvalue weighted by Crippen LogP contribution is 2.36. The molecule has 0 aromatic heterocycles. The van der Waals surface area contributed by atoms with E-state index < -0.39 is 0 Å². The van der Waals surface area contributed by atoms with Crippen molar-refractivity contribution in [3.63, 3.8) is 0 Å². The fraction of sp³-hybridized carbons (Fsp3) is 0.667. The summed E-state index contributed by atoms with van der Waals surface area (Å²) in [7, 11) is 0. The Labute approximate surface area is 128 Å². The van der Waals surface area contributed by atoms with E-state index in [-0.39, 0.29) is 0 Å². The van der Waals surface area contributed by atoms with Crippen LogP contribution in [0.15, 0.2) is 23.1 Å². The predicted molar refractivity (Wildman–Crippen MR) is 90.7 cm³/mol. The van der Waals surface area contributed by atoms with Gasteiger partial charge in [-0.1, -0.05) is 19.9 Å². The van der Waals surface area contributed by atoms with Crippen LogP contribution in [0.1, 0.15) is 50.7 Å². The molecule has 1 aromatic rings. The van der Waals surface area contributed by atoms with Crippen molar-refractivity contribution in [1.29, 1.82) is 0 Å². The van der Waals surface area contributed by atoms with Crippen molar-refractivity contribution in [2.24, 2.45) is 5.92 Å². The van der Waals surface area contributed by atoms with Crippen LogP contribution in [0.4, 0.5) is 0 Å². The van der Waals surface area contributed by atoms with Crippen molar-refractivity contribution >= 4 is 11.8 Å². The average molecular weight is 292 g/mol. The maximum Gasteiger partial charge on any atom is 0.0250 e. The molecule has 20 heavy (non-hydrogen) atoms. The summed E-state index contributed by atoms with van der Waals surface area (Å²) in [5, 5.41) is 4.50. The molecule has 1 saturated carbocycles. The van der Waals surface area contributed by atoms with Crippen molar-refractivity contribution < 1.29 is 0 Å². The smallest absolute Gasteiger partial charge is 0.0250 e. The maximum absolute atomic E-state index is 3.77. The molecule has 2 heteroatoms. The first-order chi connectivity index (χ1) is 9.60. The Balaban J connectivity index is 2.04. The van der Waals surface area contributed by atoms with E-state index in [4.69, 9.17) is 0 Å². The lowest BCUT2D eigenvalue weighted by Gasteiger charge is -2.35. The zero-order chi connectivity index (χ0) is 14.5. The Hall–Kier alpha value is -0.470. The molecule has 1 aliphatic carbocycles. The minimum absolute atomic E-state index is 0.692. The van der Waals surface area contributed by atoms with Gasteiger partial charge in [0.2, 0.25) is 0 Å². The number of hydrogen-bond acceptors (Lipinski definition) is 2. The summed E-state index contributed by atoms with van der Waals surface area (Å²) in [4.78, 5) is 1.44. The molecule has 1 aromatic carbocycles. The van der Waals surface area contributed by atoms with Gasteiger partial charge in [0.15, 0.2) is 0 Å². The molecule has 0 amide bonds. The molecule has 1 aliphatic rings. The number of benzene rings is 1. The molecule has 3 atom stereocenters. The summed E-state index contributed by atoms with van der Waals surface area (Å²) < 4.78 is 0. The third-order valence-corrected chi connectivity index (χ3v) is 5.83. The van der Waals surface area contributed by atoms with Crippen molar-refractivity contribution in [3.05, 3.63) is 29.3 Å². The monoisotopic (exact) mass is 291 g/mol. The molecule has 0 saturated heterocycles. The highest BCUT2D eigenvalue weighted by Gasteiger charge is 2.28. The molecular formula is C18H29NS. The van der Waals surface area contributed by atoms with Gasteiger partial charge in [0.1, 0.15) is 0 Å². The van der Waals surface area contributed by atoms with E-state index in [1.165, 1.54) is 41.7 Å². The fourth-order valence-electron chi connectivity index (χ4n) is 2.98. The van der Waals surface area contributed by atoms with Crippen LogP contribution in [0.2, 0.25) is 0 Å². The van der Waals surface area contributed by atoms with Gasteiger partial charge in [0.25, 0.3) is 0 Å². The topological polar surface area (TPSA) is 12.0 Å². The largest absolute Gasteiger partial charge is 0.313 e. The second kappa shape index (κ2) is 7.51. The van der Waals surface area contributed by atoms with Gasteiger partial charge >= 0.3 is 0 Å². The first kappa shape index (κ1) is 15.9. The molecule has 1 N–H and O–H groups in total. The van der Waals surface area contributed by atoms with Gasteiger partial charge in [-0.05, 0) is 75.3 Å². The summed E-state index contributed by atoms with van der Waals surface area (Å²) in [6.45, 7) is 10.2. The molecule has 0 spiro atoms. The Bertz CT molecular complexity index is 427. The van der Waals surface area contributed by atoms with E-state index >= 15 is 0 Å². The van der Waals surface area contributed by atoms with Crippen LogP contribution in [0.5, 0.6) is 0 Å². The molecule has 3 unspecified atom stereocenters. The number of aryl methyl sites for hydroxylation is 2. The second-order valence-corrected chi connectivity index (χ2v) is 7.69. The van der Waals surface area contributed by atoms with E-state index in [0.29, 0.717) is 6.04 Å². The van der Waals surface area contributed by atoms with Crippen molar-refractivity contribution in [2.45, 2.75) is 69.6 Å². The van der Waals surface area contributed by atoms with Crippen LogP contribution in [-0.4, -0.2) is 17.8 Å². The van der Waals surface area contributed by atoms with Crippen LogP contribution in [0.3, 0.4) is 0 Å². The summed E-state index contributed by atoms with van der Waals surface area (Å²) in [5.74, 6) is 0.874. The SMILES string of the molecule is CCCNC1CCC(C)CC1Sc1ccc(C)c(C)c1. The van der Waals surface area contributed by atoms with Gasteiger partial charge < -0.3 is 5.32 Å². The molecule has 0 radical (unpaired) electrons. The lowest BCUT2D eigenvalue weighted by atomic mass is 9.87. The first-order valence-corrected chi connectivity index (χ1v) is 8.95. The zero-order valence-electron chi connectivity index (χ0n) is 13.4. The van der Waals surface area contributed by atoms with Crippen LogP contribution in [0.25, 0.3) is 0 Å². The van der Waals surface area contributed by atoms with Gasteiger partial charge in [-0.2, -0.15) is 0 Å². The molecule has 2 rings (SSSR count). The Morgan fingerprint density at radius 3 is 2.70 bits per heavy atom. The normalized spacial score (nSPS) is 26.7. The van der Waals surface area contributed by atoms with Crippen molar-refractivity contribution in [3.8, 4) is 0 Å². The predicted octanol–water partition coefficient (Wildman–Crippen LogP) is 4.95. The maximum atomic E-state index is 3.77. The van der Waals surface area contributed by atoms with Gasteiger partial charge in [0, 0.05) is 16.2 Å². The van der Waals surface area contributed by atoms with Crippen molar-refractivity contribution in [1.82, 2.24) is 5.32 Å². The van der Waals surface area contributed by atoms with Gasteiger partial charge in [-0.3, -0.25) is 0 Å². The number of nitrogens with one attached hydrogen (secondary N) is 1. The van der Waals surface area contributed by atoms with Gasteiger partial charge in [-0.15, -0.1) is 11.8 Å². The second-order valence-electron chi connectivity index (χ2n) is 6.38. The molecule has 0 aliphatic heterocycles. The van der Waals surface area contributed by atoms with Crippen molar-refractivity contribution in [2.75, 3.05) is 6.54 Å². The average Bonchev–Trinajstić information content (AvgIpc) is 2.42. The quantitative estimate of drug-likeness (QED) is 0.823. The summed E-state index contributed by atoms with van der Waals surface area (Å²) in [6, 6.07) is 7.61. The molecule has 0 bridgehead atoms. The van der Waals surface area contributed by atoms with Crippen LogP contribution in [-0.2, 0) is 0 Å². The van der Waals surface area contributed by atoms with E-state index in [1.54, 1.807) is 0 Å². The first-order valence-electron chi connectivity index (χ1n) is 8.07. The van der Waals surface area contributed by atoms with E-state index in [0.717, 1.165) is 17.7 Å². The number of hydrogen-bond donors (Lipinski definition) is 1. The Morgan fingerprint density at radius 2 is 2.00 bits per heavy atom. The number of thioether (sulfide) groups is 1. The van der Waals surface area contributed by atoms with E-state index in [9.17, 15) is 0 Å². The van der Waals surface area contributed by atoms with Crippen LogP contribution >= 0.6 is 11.8 Å². The summed E-state index contributed by atoms with van der Waals surface area (Å²) in [5.41, 5.74) is 2.81. The Kier molecular flexibility index (Phi) is 5.98. The third-order valence-electron chi connectivity index (χ3n) is 4.48. The lowest BCUT2D eigenvalue weighted by molar-refractivity contribution is 0.317. The third kappa shape index (κ3) is 4.26. The van der Waals surface area contributed by atoms with Crippen LogP contribution < -0.4 is 5.32 Å². The van der Waals surface area contributed by atoms with E-state index in [1.807, 2.05) is 0 Å². The van der Waals surface area contributed by atoms with Gasteiger partial charge in [-0.25, -0.2) is 0 Å². The highest BCUT2D eigenvalue weighted by molar-refractivity contribution is 8.00. The molecule has 1 nitrogen and oxygen atoms in total. The fourth-order valence-corrected chi connectivity index (χ4v) is 4.55.